The highest BCUT2D eigenvalue weighted by atomic mass is 35.5. The molecule has 0 atom stereocenters. The van der Waals surface area contributed by atoms with Crippen molar-refractivity contribution in [3.63, 3.8) is 0 Å². The molecule has 0 saturated heterocycles. The molecule has 1 aromatic carbocycles. The second kappa shape index (κ2) is 5.71. The number of hydrogen-bond acceptors (Lipinski definition) is 3. The Labute approximate surface area is 123 Å². The zero-order valence-electron chi connectivity index (χ0n) is 11.2. The molecule has 1 aromatic rings. The lowest BCUT2D eigenvalue weighted by molar-refractivity contribution is 0.0735. The van der Waals surface area contributed by atoms with Crippen LogP contribution in [0.1, 0.15) is 36.0 Å². The minimum absolute atomic E-state index is 0.145. The molecule has 0 heterocycles. The molecule has 7 heteroatoms. The molecule has 1 aliphatic carbocycles. The summed E-state index contributed by atoms with van der Waals surface area (Å²) in [5.41, 5.74) is 0.246. The molecule has 2 rings (SSSR count). The standard InChI is InChI=1S/C13H17ClN2O3S/c1-16(11-4-2-3-5-11)13(17)9-6-10(14)8-12(7-9)20(15,18)19/h6-8,11H,2-5H2,1H3,(H2,15,18,19). The number of carbonyl (C=O) groups is 1. The fraction of sp³-hybridized carbons (Fsp3) is 0.462. The molecule has 0 aromatic heterocycles. The van der Waals surface area contributed by atoms with E-state index in [1.165, 1.54) is 18.2 Å². The van der Waals surface area contributed by atoms with Crippen LogP contribution in [0.5, 0.6) is 0 Å². The Morgan fingerprint density at radius 1 is 1.30 bits per heavy atom. The second-order valence-corrected chi connectivity index (χ2v) is 7.07. The van der Waals surface area contributed by atoms with E-state index in [-0.39, 0.29) is 27.4 Å². The predicted octanol–water partition coefficient (Wildman–Crippen LogP) is 2.00. The molecule has 2 N–H and O–H groups in total. The van der Waals surface area contributed by atoms with Crippen molar-refractivity contribution < 1.29 is 13.2 Å². The van der Waals surface area contributed by atoms with E-state index in [1.807, 2.05) is 0 Å². The lowest BCUT2D eigenvalue weighted by atomic mass is 10.1. The molecule has 0 spiro atoms. The van der Waals surface area contributed by atoms with Crippen LogP contribution in [0.25, 0.3) is 0 Å². The molecule has 0 radical (unpaired) electrons. The van der Waals surface area contributed by atoms with Crippen molar-refractivity contribution in [3.05, 3.63) is 28.8 Å². The molecule has 1 fully saturated rings. The van der Waals surface area contributed by atoms with Crippen LogP contribution < -0.4 is 5.14 Å². The lowest BCUT2D eigenvalue weighted by Crippen LogP contribution is -2.35. The number of halogens is 1. The number of sulfonamides is 1. The van der Waals surface area contributed by atoms with Gasteiger partial charge in [-0.25, -0.2) is 13.6 Å². The maximum absolute atomic E-state index is 12.4. The van der Waals surface area contributed by atoms with E-state index in [1.54, 1.807) is 11.9 Å². The predicted molar refractivity (Wildman–Crippen MR) is 77.2 cm³/mol. The summed E-state index contributed by atoms with van der Waals surface area (Å²) in [4.78, 5) is 13.9. The third kappa shape index (κ3) is 3.31. The van der Waals surface area contributed by atoms with Crippen LogP contribution in [-0.2, 0) is 10.0 Å². The molecular weight excluding hydrogens is 300 g/mol. The quantitative estimate of drug-likeness (QED) is 0.926. The van der Waals surface area contributed by atoms with Gasteiger partial charge in [0.1, 0.15) is 0 Å². The topological polar surface area (TPSA) is 80.5 Å². The SMILES string of the molecule is CN(C(=O)c1cc(Cl)cc(S(N)(=O)=O)c1)C1CCCC1. The van der Waals surface area contributed by atoms with Gasteiger partial charge in [0.05, 0.1) is 4.90 Å². The largest absolute Gasteiger partial charge is 0.339 e. The molecule has 1 amide bonds. The fourth-order valence-electron chi connectivity index (χ4n) is 2.51. The summed E-state index contributed by atoms with van der Waals surface area (Å²) in [6.45, 7) is 0. The van der Waals surface area contributed by atoms with E-state index >= 15 is 0 Å². The highest BCUT2D eigenvalue weighted by molar-refractivity contribution is 7.89. The van der Waals surface area contributed by atoms with E-state index < -0.39 is 10.0 Å². The van der Waals surface area contributed by atoms with Crippen LogP contribution in [0.4, 0.5) is 0 Å². The first-order chi connectivity index (χ1) is 9.29. The van der Waals surface area contributed by atoms with Crippen molar-refractivity contribution in [1.82, 2.24) is 4.90 Å². The van der Waals surface area contributed by atoms with Gasteiger partial charge in [-0.15, -0.1) is 0 Å². The molecule has 1 aliphatic rings. The average molecular weight is 317 g/mol. The first-order valence-corrected chi connectivity index (χ1v) is 8.32. The molecule has 20 heavy (non-hydrogen) atoms. The van der Waals surface area contributed by atoms with Crippen LogP contribution in [0, 0.1) is 0 Å². The van der Waals surface area contributed by atoms with Crippen molar-refractivity contribution in [2.75, 3.05) is 7.05 Å². The first kappa shape index (κ1) is 15.3. The Balaban J connectivity index is 2.32. The molecule has 5 nitrogen and oxygen atoms in total. The van der Waals surface area contributed by atoms with Gasteiger partial charge in [-0.3, -0.25) is 4.79 Å². The Hall–Kier alpha value is -1.11. The van der Waals surface area contributed by atoms with Gasteiger partial charge in [-0.05, 0) is 31.0 Å². The minimum atomic E-state index is -3.88. The van der Waals surface area contributed by atoms with E-state index in [0.29, 0.717) is 0 Å². The van der Waals surface area contributed by atoms with Crippen LogP contribution in [-0.4, -0.2) is 32.3 Å². The number of nitrogens with zero attached hydrogens (tertiary/aromatic N) is 1. The average Bonchev–Trinajstić information content (AvgIpc) is 2.89. The van der Waals surface area contributed by atoms with Gasteiger partial charge in [0, 0.05) is 23.7 Å². The summed E-state index contributed by atoms with van der Waals surface area (Å²) in [5.74, 6) is -0.232. The Morgan fingerprint density at radius 2 is 1.90 bits per heavy atom. The van der Waals surface area contributed by atoms with Crippen molar-refractivity contribution >= 4 is 27.5 Å². The molecule has 0 unspecified atom stereocenters. The number of hydrogen-bond donors (Lipinski definition) is 1. The maximum atomic E-state index is 12.4. The smallest absolute Gasteiger partial charge is 0.253 e. The highest BCUT2D eigenvalue weighted by Crippen LogP contribution is 2.25. The highest BCUT2D eigenvalue weighted by Gasteiger charge is 2.25. The normalized spacial score (nSPS) is 16.4. The monoisotopic (exact) mass is 316 g/mol. The number of amides is 1. The summed E-state index contributed by atoms with van der Waals surface area (Å²) in [6.07, 6.45) is 4.18. The lowest BCUT2D eigenvalue weighted by Gasteiger charge is -2.24. The number of carbonyl (C=O) groups excluding carboxylic acids is 1. The third-order valence-corrected chi connectivity index (χ3v) is 4.75. The van der Waals surface area contributed by atoms with E-state index in [4.69, 9.17) is 16.7 Å². The van der Waals surface area contributed by atoms with Crippen molar-refractivity contribution in [2.24, 2.45) is 5.14 Å². The Morgan fingerprint density at radius 3 is 2.45 bits per heavy atom. The maximum Gasteiger partial charge on any atom is 0.253 e. The number of rotatable bonds is 3. The van der Waals surface area contributed by atoms with Gasteiger partial charge < -0.3 is 4.90 Å². The molecule has 0 bridgehead atoms. The van der Waals surface area contributed by atoms with Crippen LogP contribution >= 0.6 is 11.6 Å². The fourth-order valence-corrected chi connectivity index (χ4v) is 3.39. The first-order valence-electron chi connectivity index (χ1n) is 6.39. The van der Waals surface area contributed by atoms with Crippen LogP contribution in [0.3, 0.4) is 0 Å². The van der Waals surface area contributed by atoms with Crippen LogP contribution in [0.15, 0.2) is 23.1 Å². The third-order valence-electron chi connectivity index (χ3n) is 3.64. The van der Waals surface area contributed by atoms with Gasteiger partial charge in [-0.2, -0.15) is 0 Å². The zero-order valence-corrected chi connectivity index (χ0v) is 12.7. The van der Waals surface area contributed by atoms with Crippen LogP contribution in [0.2, 0.25) is 5.02 Å². The number of nitrogens with two attached hydrogens (primary N) is 1. The van der Waals surface area contributed by atoms with Crippen molar-refractivity contribution in [1.29, 1.82) is 0 Å². The van der Waals surface area contributed by atoms with Crippen molar-refractivity contribution in [2.45, 2.75) is 36.6 Å². The van der Waals surface area contributed by atoms with Gasteiger partial charge in [0.25, 0.3) is 5.91 Å². The Bertz CT molecular complexity index is 625. The molecule has 110 valence electrons. The van der Waals surface area contributed by atoms with Crippen molar-refractivity contribution in [3.8, 4) is 0 Å². The zero-order chi connectivity index (χ0) is 14.9. The minimum Gasteiger partial charge on any atom is -0.339 e. The van der Waals surface area contributed by atoms with E-state index in [0.717, 1.165) is 25.7 Å². The van der Waals surface area contributed by atoms with E-state index in [2.05, 4.69) is 0 Å². The van der Waals surface area contributed by atoms with Gasteiger partial charge in [-0.1, -0.05) is 24.4 Å². The summed E-state index contributed by atoms with van der Waals surface area (Å²) < 4.78 is 22.8. The summed E-state index contributed by atoms with van der Waals surface area (Å²) in [6, 6.07) is 4.18. The van der Waals surface area contributed by atoms with E-state index in [9.17, 15) is 13.2 Å². The van der Waals surface area contributed by atoms with Gasteiger partial charge in [0.15, 0.2) is 0 Å². The number of benzene rings is 1. The summed E-state index contributed by atoms with van der Waals surface area (Å²) in [7, 11) is -2.15. The molecule has 1 saturated carbocycles. The Kier molecular flexibility index (Phi) is 4.36. The second-order valence-electron chi connectivity index (χ2n) is 5.07. The summed E-state index contributed by atoms with van der Waals surface area (Å²) >= 11 is 5.87. The summed E-state index contributed by atoms with van der Waals surface area (Å²) in [5, 5.41) is 5.26. The van der Waals surface area contributed by atoms with Gasteiger partial charge >= 0.3 is 0 Å². The van der Waals surface area contributed by atoms with Gasteiger partial charge in [0.2, 0.25) is 10.0 Å². The number of primary sulfonamides is 1. The molecular formula is C13H17ClN2O3S. The molecule has 0 aliphatic heterocycles.